The van der Waals surface area contributed by atoms with Crippen LogP contribution >= 0.6 is 24.0 Å². The molecule has 1 aliphatic rings. The van der Waals surface area contributed by atoms with E-state index in [-0.39, 0.29) is 24.0 Å². The fourth-order valence-corrected chi connectivity index (χ4v) is 3.14. The van der Waals surface area contributed by atoms with Crippen LogP contribution in [-0.4, -0.2) is 56.9 Å². The van der Waals surface area contributed by atoms with Gasteiger partial charge in [-0.3, -0.25) is 9.67 Å². The van der Waals surface area contributed by atoms with Crippen molar-refractivity contribution in [3.8, 4) is 0 Å². The van der Waals surface area contributed by atoms with Gasteiger partial charge in [-0.25, -0.2) is 4.98 Å². The molecule has 0 saturated carbocycles. The molecule has 0 aromatic carbocycles. The lowest BCUT2D eigenvalue weighted by Crippen LogP contribution is -2.49. The summed E-state index contributed by atoms with van der Waals surface area (Å²) in [4.78, 5) is 11.0. The SMILES string of the molecule is CN=C(NCCn1cccn1)N1CCC(C)C(n2ccnc2)C1.I. The summed E-state index contributed by atoms with van der Waals surface area (Å²) in [7, 11) is 1.85. The fraction of sp³-hybridized carbons (Fsp3) is 0.562. The summed E-state index contributed by atoms with van der Waals surface area (Å²) in [5.74, 6) is 1.61. The van der Waals surface area contributed by atoms with Crippen molar-refractivity contribution < 1.29 is 0 Å². The van der Waals surface area contributed by atoms with Crippen molar-refractivity contribution in [3.05, 3.63) is 37.2 Å². The first-order valence-electron chi connectivity index (χ1n) is 8.18. The number of imidazole rings is 1. The number of nitrogens with zero attached hydrogens (tertiary/aromatic N) is 6. The maximum absolute atomic E-state index is 4.45. The molecule has 0 amide bonds. The minimum Gasteiger partial charge on any atom is -0.354 e. The minimum atomic E-state index is 0. The van der Waals surface area contributed by atoms with E-state index in [4.69, 9.17) is 0 Å². The molecular weight excluding hydrogens is 417 g/mol. The number of halogens is 1. The van der Waals surface area contributed by atoms with Crippen molar-refractivity contribution in [2.24, 2.45) is 10.9 Å². The van der Waals surface area contributed by atoms with Crippen LogP contribution in [0.25, 0.3) is 0 Å². The maximum Gasteiger partial charge on any atom is 0.193 e. The Kier molecular flexibility index (Phi) is 7.07. The zero-order chi connectivity index (χ0) is 16.1. The van der Waals surface area contributed by atoms with Crippen LogP contribution in [0.4, 0.5) is 0 Å². The molecule has 2 atom stereocenters. The van der Waals surface area contributed by atoms with Gasteiger partial charge in [0.05, 0.1) is 18.9 Å². The average molecular weight is 443 g/mol. The van der Waals surface area contributed by atoms with Crippen LogP contribution in [0, 0.1) is 5.92 Å². The van der Waals surface area contributed by atoms with E-state index < -0.39 is 0 Å². The van der Waals surface area contributed by atoms with Gasteiger partial charge >= 0.3 is 0 Å². The Bertz CT molecular complexity index is 608. The number of hydrogen-bond donors (Lipinski definition) is 1. The van der Waals surface area contributed by atoms with Crippen LogP contribution in [0.5, 0.6) is 0 Å². The molecule has 2 aromatic rings. The van der Waals surface area contributed by atoms with Gasteiger partial charge in [0.1, 0.15) is 0 Å². The van der Waals surface area contributed by atoms with Crippen molar-refractivity contribution >= 4 is 29.9 Å². The molecule has 0 aliphatic carbocycles. The molecule has 3 heterocycles. The summed E-state index contributed by atoms with van der Waals surface area (Å²) < 4.78 is 4.14. The molecule has 1 aliphatic heterocycles. The summed E-state index contributed by atoms with van der Waals surface area (Å²) in [5, 5.41) is 7.67. The van der Waals surface area contributed by atoms with Crippen LogP contribution in [0.15, 0.2) is 42.2 Å². The Morgan fingerprint density at radius 1 is 1.33 bits per heavy atom. The maximum atomic E-state index is 4.45. The van der Waals surface area contributed by atoms with Crippen molar-refractivity contribution in [1.82, 2.24) is 29.5 Å². The quantitative estimate of drug-likeness (QED) is 0.445. The Morgan fingerprint density at radius 2 is 2.21 bits per heavy atom. The Balaban J connectivity index is 0.00000208. The average Bonchev–Trinajstić information content (AvgIpc) is 3.26. The number of hydrogen-bond acceptors (Lipinski definition) is 3. The predicted octanol–water partition coefficient (Wildman–Crippen LogP) is 1.86. The highest BCUT2D eigenvalue weighted by Crippen LogP contribution is 2.27. The molecule has 2 unspecified atom stereocenters. The number of aromatic nitrogens is 4. The van der Waals surface area contributed by atoms with Crippen LogP contribution in [0.1, 0.15) is 19.4 Å². The number of nitrogens with one attached hydrogen (secondary N) is 1. The molecule has 1 fully saturated rings. The van der Waals surface area contributed by atoms with E-state index in [9.17, 15) is 0 Å². The Hall–Kier alpha value is -1.58. The second kappa shape index (κ2) is 9.05. The molecular formula is C16H26IN7. The van der Waals surface area contributed by atoms with Gasteiger partial charge in [-0.1, -0.05) is 6.92 Å². The Labute approximate surface area is 160 Å². The fourth-order valence-electron chi connectivity index (χ4n) is 3.14. The van der Waals surface area contributed by atoms with Crippen LogP contribution in [-0.2, 0) is 6.54 Å². The monoisotopic (exact) mass is 443 g/mol. The zero-order valence-electron chi connectivity index (χ0n) is 14.2. The van der Waals surface area contributed by atoms with E-state index in [1.165, 1.54) is 0 Å². The highest BCUT2D eigenvalue weighted by Gasteiger charge is 2.28. The van der Waals surface area contributed by atoms with Crippen LogP contribution in [0.3, 0.4) is 0 Å². The van der Waals surface area contributed by atoms with E-state index in [0.717, 1.165) is 38.6 Å². The van der Waals surface area contributed by atoms with Gasteiger partial charge in [-0.2, -0.15) is 5.10 Å². The lowest BCUT2D eigenvalue weighted by molar-refractivity contribution is 0.189. The van der Waals surface area contributed by atoms with E-state index in [1.54, 1.807) is 6.20 Å². The van der Waals surface area contributed by atoms with E-state index in [0.29, 0.717) is 12.0 Å². The van der Waals surface area contributed by atoms with Gasteiger partial charge in [0.25, 0.3) is 0 Å². The summed E-state index contributed by atoms with van der Waals surface area (Å²) in [5.41, 5.74) is 0. The van der Waals surface area contributed by atoms with Crippen molar-refractivity contribution in [2.45, 2.75) is 25.9 Å². The van der Waals surface area contributed by atoms with Crippen molar-refractivity contribution in [2.75, 3.05) is 26.7 Å². The first kappa shape index (κ1) is 18.8. The van der Waals surface area contributed by atoms with Gasteiger partial charge < -0.3 is 14.8 Å². The third kappa shape index (κ3) is 4.49. The minimum absolute atomic E-state index is 0. The molecule has 0 bridgehead atoms. The summed E-state index contributed by atoms with van der Waals surface area (Å²) >= 11 is 0. The van der Waals surface area contributed by atoms with Gasteiger partial charge in [0.2, 0.25) is 0 Å². The normalized spacial score (nSPS) is 21.4. The van der Waals surface area contributed by atoms with Crippen molar-refractivity contribution in [1.29, 1.82) is 0 Å². The summed E-state index contributed by atoms with van der Waals surface area (Å²) in [6.45, 7) is 5.96. The first-order chi connectivity index (χ1) is 11.3. The lowest BCUT2D eigenvalue weighted by Gasteiger charge is -2.39. The van der Waals surface area contributed by atoms with Crippen molar-refractivity contribution in [3.63, 3.8) is 0 Å². The smallest absolute Gasteiger partial charge is 0.193 e. The molecule has 7 nitrogen and oxygen atoms in total. The van der Waals surface area contributed by atoms with Gasteiger partial charge in [-0.05, 0) is 18.4 Å². The van der Waals surface area contributed by atoms with Crippen LogP contribution < -0.4 is 5.32 Å². The highest BCUT2D eigenvalue weighted by molar-refractivity contribution is 14.0. The lowest BCUT2D eigenvalue weighted by atomic mass is 9.93. The molecule has 0 radical (unpaired) electrons. The Morgan fingerprint density at radius 3 is 2.88 bits per heavy atom. The molecule has 8 heteroatoms. The first-order valence-corrected chi connectivity index (χ1v) is 8.18. The zero-order valence-corrected chi connectivity index (χ0v) is 16.6. The number of rotatable bonds is 4. The number of likely N-dealkylation sites (tertiary alicyclic amines) is 1. The van der Waals surface area contributed by atoms with E-state index in [2.05, 4.69) is 43.0 Å². The van der Waals surface area contributed by atoms with Gasteiger partial charge in [-0.15, -0.1) is 24.0 Å². The highest BCUT2D eigenvalue weighted by atomic mass is 127. The standard InChI is InChI=1S/C16H25N7.HI/c1-14-4-9-21(12-15(14)22-10-6-18-13-22)16(17-2)19-7-11-23-8-3-5-20-23;/h3,5-6,8,10,13-15H,4,7,9,11-12H2,1-2H3,(H,17,19);1H. The molecule has 132 valence electrons. The molecule has 24 heavy (non-hydrogen) atoms. The van der Waals surface area contributed by atoms with E-state index >= 15 is 0 Å². The number of piperidine rings is 1. The second-order valence-electron chi connectivity index (χ2n) is 6.03. The largest absolute Gasteiger partial charge is 0.354 e. The predicted molar refractivity (Wildman–Crippen MR) is 106 cm³/mol. The molecule has 3 rings (SSSR count). The number of guanidine groups is 1. The third-order valence-electron chi connectivity index (χ3n) is 4.52. The van der Waals surface area contributed by atoms with Gasteiger partial charge in [0, 0.05) is 51.5 Å². The van der Waals surface area contributed by atoms with E-state index in [1.807, 2.05) is 36.5 Å². The summed E-state index contributed by atoms with van der Waals surface area (Å²) in [6, 6.07) is 2.38. The summed E-state index contributed by atoms with van der Waals surface area (Å²) in [6.07, 6.45) is 10.8. The number of aliphatic imine (C=N–C) groups is 1. The molecule has 1 saturated heterocycles. The second-order valence-corrected chi connectivity index (χ2v) is 6.03. The molecule has 1 N–H and O–H groups in total. The van der Waals surface area contributed by atoms with Gasteiger partial charge in [0.15, 0.2) is 5.96 Å². The van der Waals surface area contributed by atoms with Crippen LogP contribution in [0.2, 0.25) is 0 Å². The third-order valence-corrected chi connectivity index (χ3v) is 4.52. The molecule has 2 aromatic heterocycles. The molecule has 0 spiro atoms. The topological polar surface area (TPSA) is 63.3 Å².